The maximum Gasteiger partial charge on any atom is 0.0681 e. The van der Waals surface area contributed by atoms with Crippen molar-refractivity contribution in [1.29, 1.82) is 0 Å². The molecule has 2 nitrogen and oxygen atoms in total. The molecule has 0 unspecified atom stereocenters. The van der Waals surface area contributed by atoms with Gasteiger partial charge in [-0.2, -0.15) is 8.75 Å². The molecule has 0 bridgehead atoms. The van der Waals surface area contributed by atoms with Crippen LogP contribution >= 0.6 is 11.7 Å². The highest BCUT2D eigenvalue weighted by molar-refractivity contribution is 6.98. The number of rotatable bonds is 0. The van der Waals surface area contributed by atoms with Crippen LogP contribution in [0, 0.1) is 6.92 Å². The summed E-state index contributed by atoms with van der Waals surface area (Å²) in [4.78, 5) is 0. The van der Waals surface area contributed by atoms with Crippen molar-refractivity contribution >= 4 is 11.7 Å². The number of hydrogen-bond acceptors (Lipinski definition) is 3. The van der Waals surface area contributed by atoms with Crippen LogP contribution in [0.1, 0.15) is 5.69 Å². The lowest BCUT2D eigenvalue weighted by atomic mass is 10.4. The van der Waals surface area contributed by atoms with Gasteiger partial charge in [-0.25, -0.2) is 0 Å². The summed E-state index contributed by atoms with van der Waals surface area (Å²) in [6, 6.07) is 7.68. The van der Waals surface area contributed by atoms with Crippen molar-refractivity contribution in [2.24, 2.45) is 0 Å². The molecular weight excluding hydrogens is 144 g/mol. The highest BCUT2D eigenvalue weighted by atomic mass is 32.1. The van der Waals surface area contributed by atoms with E-state index < -0.39 is 0 Å². The minimum absolute atomic E-state index is 0.980. The predicted molar refractivity (Wildman–Crippen MR) is 42.3 cm³/mol. The van der Waals surface area contributed by atoms with Crippen LogP contribution in [-0.2, 0) is 0 Å². The van der Waals surface area contributed by atoms with Gasteiger partial charge in [-0.15, -0.1) is 0 Å². The summed E-state index contributed by atoms with van der Waals surface area (Å²) in [7, 11) is 0. The molecular formula is C7H8N2S. The van der Waals surface area contributed by atoms with E-state index in [9.17, 15) is 0 Å². The molecule has 10 heavy (non-hydrogen) atoms. The third kappa shape index (κ3) is 2.55. The predicted octanol–water partition coefficient (Wildman–Crippen LogP) is 1.97. The van der Waals surface area contributed by atoms with Gasteiger partial charge in [0.2, 0.25) is 0 Å². The van der Waals surface area contributed by atoms with Gasteiger partial charge in [-0.3, -0.25) is 0 Å². The van der Waals surface area contributed by atoms with Crippen molar-refractivity contribution < 1.29 is 0 Å². The van der Waals surface area contributed by atoms with Crippen LogP contribution < -0.4 is 0 Å². The zero-order valence-electron chi connectivity index (χ0n) is 5.69. The third-order valence-corrected chi connectivity index (χ3v) is 1.52. The SMILES string of the molecule is Cc1cccccnsn1. The van der Waals surface area contributed by atoms with E-state index in [0.29, 0.717) is 0 Å². The smallest absolute Gasteiger partial charge is 0.0681 e. The fraction of sp³-hybridized carbons (Fsp3) is 0.143. The normalized spacial score (nSPS) is 8.50. The Kier molecular flexibility index (Phi) is 2.83. The van der Waals surface area contributed by atoms with Gasteiger partial charge in [-0.05, 0) is 19.1 Å². The summed E-state index contributed by atoms with van der Waals surface area (Å²) in [5.74, 6) is 0. The molecule has 0 radical (unpaired) electrons. The van der Waals surface area contributed by atoms with Gasteiger partial charge in [0.15, 0.2) is 0 Å². The maximum atomic E-state index is 4.05. The number of hydrogen-bond donors (Lipinski definition) is 0. The first-order chi connectivity index (χ1) is 4.89. The molecule has 0 fully saturated rings. The van der Waals surface area contributed by atoms with Gasteiger partial charge in [0.25, 0.3) is 0 Å². The summed E-state index contributed by atoms with van der Waals surface area (Å²) >= 11 is 1.21. The van der Waals surface area contributed by atoms with Crippen LogP contribution in [0.15, 0.2) is 30.5 Å². The van der Waals surface area contributed by atoms with Crippen LogP contribution in [0.25, 0.3) is 0 Å². The molecule has 0 aromatic carbocycles. The molecule has 52 valence electrons. The van der Waals surface area contributed by atoms with Crippen molar-refractivity contribution in [2.75, 3.05) is 0 Å². The van der Waals surface area contributed by atoms with E-state index in [4.69, 9.17) is 0 Å². The average Bonchev–Trinajstić information content (AvgIpc) is 2.02. The summed E-state index contributed by atoms with van der Waals surface area (Å²) < 4.78 is 7.97. The van der Waals surface area contributed by atoms with Gasteiger partial charge < -0.3 is 0 Å². The van der Waals surface area contributed by atoms with Crippen molar-refractivity contribution in [1.82, 2.24) is 8.75 Å². The molecule has 0 atom stereocenters. The Morgan fingerprint density at radius 2 is 2.20 bits per heavy atom. The van der Waals surface area contributed by atoms with Crippen molar-refractivity contribution in [3.05, 3.63) is 36.2 Å². The van der Waals surface area contributed by atoms with E-state index in [0.717, 1.165) is 5.69 Å². The van der Waals surface area contributed by atoms with E-state index in [2.05, 4.69) is 8.75 Å². The number of aryl methyl sites for hydroxylation is 1. The molecule has 0 spiro atoms. The minimum atomic E-state index is 0.980. The van der Waals surface area contributed by atoms with Crippen LogP contribution in [0.2, 0.25) is 0 Å². The van der Waals surface area contributed by atoms with E-state index in [1.54, 1.807) is 6.20 Å². The molecule has 0 saturated heterocycles. The molecule has 0 saturated carbocycles. The van der Waals surface area contributed by atoms with E-state index in [1.165, 1.54) is 11.7 Å². The summed E-state index contributed by atoms with van der Waals surface area (Å²) in [5, 5.41) is 0. The summed E-state index contributed by atoms with van der Waals surface area (Å²) in [6.07, 6.45) is 1.72. The molecule has 1 aromatic heterocycles. The molecule has 0 aliphatic carbocycles. The van der Waals surface area contributed by atoms with Crippen LogP contribution in [0.5, 0.6) is 0 Å². The molecule has 0 aliphatic rings. The second-order valence-corrected chi connectivity index (χ2v) is 2.37. The number of aromatic nitrogens is 2. The first-order valence-electron chi connectivity index (χ1n) is 2.97. The molecule has 0 amide bonds. The van der Waals surface area contributed by atoms with Gasteiger partial charge >= 0.3 is 0 Å². The molecule has 0 N–H and O–H groups in total. The molecule has 0 aliphatic heterocycles. The third-order valence-electron chi connectivity index (χ3n) is 0.939. The Balaban J connectivity index is 3.13. The summed E-state index contributed by atoms with van der Waals surface area (Å²) in [6.45, 7) is 1.94. The van der Waals surface area contributed by atoms with Crippen LogP contribution in [0.4, 0.5) is 0 Å². The first-order valence-corrected chi connectivity index (χ1v) is 3.70. The molecule has 1 aromatic rings. The second kappa shape index (κ2) is 3.95. The zero-order chi connectivity index (χ0) is 7.23. The average molecular weight is 152 g/mol. The Bertz CT molecular complexity index is 219. The van der Waals surface area contributed by atoms with Gasteiger partial charge in [0.05, 0.1) is 17.4 Å². The largest absolute Gasteiger partial charge is 0.183 e. The molecule has 1 heterocycles. The maximum absolute atomic E-state index is 4.05. The monoisotopic (exact) mass is 152 g/mol. The Labute approximate surface area is 64.2 Å². The Morgan fingerprint density at radius 3 is 3.10 bits per heavy atom. The van der Waals surface area contributed by atoms with Crippen molar-refractivity contribution in [3.8, 4) is 0 Å². The van der Waals surface area contributed by atoms with E-state index >= 15 is 0 Å². The van der Waals surface area contributed by atoms with Crippen LogP contribution in [0.3, 0.4) is 0 Å². The molecule has 1 rings (SSSR count). The quantitative estimate of drug-likeness (QED) is 0.568. The first kappa shape index (κ1) is 7.15. The summed E-state index contributed by atoms with van der Waals surface area (Å²) in [5.41, 5.74) is 0.980. The zero-order valence-corrected chi connectivity index (χ0v) is 6.51. The van der Waals surface area contributed by atoms with Gasteiger partial charge in [0, 0.05) is 6.20 Å². The van der Waals surface area contributed by atoms with Crippen LogP contribution in [-0.4, -0.2) is 8.75 Å². The highest BCUT2D eigenvalue weighted by Crippen LogP contribution is 1.86. The van der Waals surface area contributed by atoms with Gasteiger partial charge in [-0.1, -0.05) is 12.1 Å². The van der Waals surface area contributed by atoms with Crippen molar-refractivity contribution in [2.45, 2.75) is 6.92 Å². The Morgan fingerprint density at radius 1 is 1.30 bits per heavy atom. The lowest BCUT2D eigenvalue weighted by Crippen LogP contribution is -1.66. The Hall–Kier alpha value is -0.960. The second-order valence-electron chi connectivity index (χ2n) is 1.81. The van der Waals surface area contributed by atoms with Gasteiger partial charge in [0.1, 0.15) is 0 Å². The number of nitrogens with zero attached hydrogens (tertiary/aromatic N) is 2. The standard InChI is InChI=1S/C7H8N2S/c1-7-5-3-2-4-6-8-10-9-7/h2-6H,1H3. The highest BCUT2D eigenvalue weighted by Gasteiger charge is 1.72. The fourth-order valence-corrected chi connectivity index (χ4v) is 0.851. The fourth-order valence-electron chi connectivity index (χ4n) is 0.489. The topological polar surface area (TPSA) is 25.8 Å². The minimum Gasteiger partial charge on any atom is -0.183 e. The lowest BCUT2D eigenvalue weighted by molar-refractivity contribution is 1.32. The van der Waals surface area contributed by atoms with E-state index in [1.807, 2.05) is 31.2 Å². The lowest BCUT2D eigenvalue weighted by Gasteiger charge is -1.74. The van der Waals surface area contributed by atoms with E-state index in [-0.39, 0.29) is 0 Å². The van der Waals surface area contributed by atoms with Crippen molar-refractivity contribution in [3.63, 3.8) is 0 Å². The molecule has 3 heteroatoms.